The Morgan fingerprint density at radius 1 is 1.57 bits per heavy atom. The minimum absolute atomic E-state index is 0.00815. The number of nitrogens with zero attached hydrogens (tertiary/aromatic N) is 2. The molecule has 0 unspecified atom stereocenters. The van der Waals surface area contributed by atoms with Crippen molar-refractivity contribution in [3.8, 4) is 0 Å². The van der Waals surface area contributed by atoms with Gasteiger partial charge in [0, 0.05) is 13.1 Å². The van der Waals surface area contributed by atoms with Gasteiger partial charge in [0.1, 0.15) is 10.3 Å². The maximum absolute atomic E-state index is 11.8. The van der Waals surface area contributed by atoms with Gasteiger partial charge >= 0.3 is 0 Å². The van der Waals surface area contributed by atoms with Crippen molar-refractivity contribution in [1.29, 1.82) is 0 Å². The monoisotopic (exact) mass is 254 g/mol. The van der Waals surface area contributed by atoms with Crippen molar-refractivity contribution in [3.05, 3.63) is 28.5 Å². The second kappa shape index (κ2) is 3.69. The number of aromatic nitrogens is 1. The third-order valence-corrected chi connectivity index (χ3v) is 2.79. The van der Waals surface area contributed by atoms with Crippen molar-refractivity contribution in [2.75, 3.05) is 7.05 Å². The van der Waals surface area contributed by atoms with E-state index in [0.29, 0.717) is 16.3 Å². The van der Waals surface area contributed by atoms with Crippen LogP contribution in [0.1, 0.15) is 23.3 Å². The molecule has 3 nitrogen and oxygen atoms in total. The Morgan fingerprint density at radius 2 is 2.29 bits per heavy atom. The summed E-state index contributed by atoms with van der Waals surface area (Å²) in [7, 11) is 1.84. The van der Waals surface area contributed by atoms with Crippen molar-refractivity contribution in [1.82, 2.24) is 9.88 Å². The fourth-order valence-electron chi connectivity index (χ4n) is 1.34. The maximum atomic E-state index is 11.8. The van der Waals surface area contributed by atoms with Crippen LogP contribution in [0.5, 0.6) is 0 Å². The van der Waals surface area contributed by atoms with Crippen molar-refractivity contribution >= 4 is 21.8 Å². The minimum atomic E-state index is 0.00815. The zero-order valence-electron chi connectivity index (χ0n) is 7.90. The molecule has 0 aromatic carbocycles. The third kappa shape index (κ3) is 1.95. The Balaban J connectivity index is 2.17. The lowest BCUT2D eigenvalue weighted by Gasteiger charge is -2.15. The van der Waals surface area contributed by atoms with Gasteiger partial charge < -0.3 is 4.90 Å². The van der Waals surface area contributed by atoms with E-state index in [-0.39, 0.29) is 5.91 Å². The first kappa shape index (κ1) is 9.65. The molecular formula is C10H11BrN2O. The van der Waals surface area contributed by atoms with Gasteiger partial charge in [-0.2, -0.15) is 0 Å². The molecule has 74 valence electrons. The zero-order chi connectivity index (χ0) is 10.1. The Kier molecular flexibility index (Phi) is 2.54. The molecule has 1 fully saturated rings. The highest BCUT2D eigenvalue weighted by Gasteiger charge is 2.30. The number of pyridine rings is 1. The summed E-state index contributed by atoms with van der Waals surface area (Å²) >= 11 is 3.25. The molecular weight excluding hydrogens is 244 g/mol. The van der Waals surface area contributed by atoms with Crippen LogP contribution in [0.2, 0.25) is 0 Å². The van der Waals surface area contributed by atoms with Gasteiger partial charge in [0.15, 0.2) is 0 Å². The predicted octanol–water partition coefficient (Wildman–Crippen LogP) is 2.08. The summed E-state index contributed by atoms with van der Waals surface area (Å²) in [6.07, 6.45) is 2.24. The van der Waals surface area contributed by atoms with Crippen LogP contribution >= 0.6 is 15.9 Å². The van der Waals surface area contributed by atoms with Crippen molar-refractivity contribution < 1.29 is 4.79 Å². The van der Waals surface area contributed by atoms with Gasteiger partial charge in [0.25, 0.3) is 5.91 Å². The van der Waals surface area contributed by atoms with E-state index < -0.39 is 0 Å². The lowest BCUT2D eigenvalue weighted by Crippen LogP contribution is -2.29. The molecule has 0 saturated heterocycles. The van der Waals surface area contributed by atoms with Gasteiger partial charge in [0.2, 0.25) is 0 Å². The Hall–Kier alpha value is -0.900. The average molecular weight is 255 g/mol. The molecule has 1 aliphatic carbocycles. The number of rotatable bonds is 2. The van der Waals surface area contributed by atoms with Crippen LogP contribution in [0.4, 0.5) is 0 Å². The predicted molar refractivity (Wildman–Crippen MR) is 57.1 cm³/mol. The van der Waals surface area contributed by atoms with E-state index in [0.717, 1.165) is 12.8 Å². The van der Waals surface area contributed by atoms with Crippen LogP contribution in [-0.2, 0) is 0 Å². The SMILES string of the molecule is CN(C(=O)c1cccc(Br)n1)C1CC1. The van der Waals surface area contributed by atoms with Gasteiger partial charge in [-0.25, -0.2) is 4.98 Å². The van der Waals surface area contributed by atoms with Crippen LogP contribution in [0, 0.1) is 0 Å². The first-order chi connectivity index (χ1) is 6.68. The molecule has 4 heteroatoms. The van der Waals surface area contributed by atoms with Crippen LogP contribution < -0.4 is 0 Å². The quantitative estimate of drug-likeness (QED) is 0.758. The second-order valence-corrected chi connectivity index (χ2v) is 4.31. The largest absolute Gasteiger partial charge is 0.337 e. The van der Waals surface area contributed by atoms with Crippen LogP contribution in [0.25, 0.3) is 0 Å². The molecule has 1 aliphatic rings. The topological polar surface area (TPSA) is 33.2 Å². The molecule has 1 heterocycles. The summed E-state index contributed by atoms with van der Waals surface area (Å²) in [5, 5.41) is 0. The maximum Gasteiger partial charge on any atom is 0.272 e. The Bertz CT molecular complexity index is 363. The summed E-state index contributed by atoms with van der Waals surface area (Å²) < 4.78 is 0.701. The molecule has 2 rings (SSSR count). The average Bonchev–Trinajstić information content (AvgIpc) is 2.99. The number of amides is 1. The van der Waals surface area contributed by atoms with Crippen molar-refractivity contribution in [2.24, 2.45) is 0 Å². The van der Waals surface area contributed by atoms with E-state index in [4.69, 9.17) is 0 Å². The van der Waals surface area contributed by atoms with Crippen molar-refractivity contribution in [2.45, 2.75) is 18.9 Å². The van der Waals surface area contributed by atoms with Gasteiger partial charge in [-0.3, -0.25) is 4.79 Å². The summed E-state index contributed by atoms with van der Waals surface area (Å²) in [6.45, 7) is 0. The lowest BCUT2D eigenvalue weighted by molar-refractivity contribution is 0.0779. The van der Waals surface area contributed by atoms with Gasteiger partial charge in [-0.05, 0) is 40.9 Å². The standard InChI is InChI=1S/C10H11BrN2O/c1-13(7-5-6-7)10(14)8-3-2-4-9(11)12-8/h2-4,7H,5-6H2,1H3. The summed E-state index contributed by atoms with van der Waals surface area (Å²) in [5.41, 5.74) is 0.508. The van der Waals surface area contributed by atoms with Crippen LogP contribution in [0.3, 0.4) is 0 Å². The second-order valence-electron chi connectivity index (χ2n) is 3.49. The first-order valence-electron chi connectivity index (χ1n) is 4.58. The van der Waals surface area contributed by atoms with Crippen LogP contribution in [0.15, 0.2) is 22.8 Å². The highest BCUT2D eigenvalue weighted by molar-refractivity contribution is 9.10. The normalized spacial score (nSPS) is 15.3. The van der Waals surface area contributed by atoms with E-state index in [2.05, 4.69) is 20.9 Å². The van der Waals surface area contributed by atoms with Gasteiger partial charge in [-0.15, -0.1) is 0 Å². The van der Waals surface area contributed by atoms with Crippen molar-refractivity contribution in [3.63, 3.8) is 0 Å². The molecule has 0 atom stereocenters. The molecule has 1 aromatic rings. The molecule has 0 bridgehead atoms. The van der Waals surface area contributed by atoms with Crippen LogP contribution in [-0.4, -0.2) is 28.9 Å². The smallest absolute Gasteiger partial charge is 0.272 e. The first-order valence-corrected chi connectivity index (χ1v) is 5.37. The van der Waals surface area contributed by atoms with E-state index in [9.17, 15) is 4.79 Å². The molecule has 0 aliphatic heterocycles. The lowest BCUT2D eigenvalue weighted by atomic mass is 10.3. The summed E-state index contributed by atoms with van der Waals surface area (Å²) in [5.74, 6) is 0.00815. The molecule has 1 aromatic heterocycles. The number of hydrogen-bond acceptors (Lipinski definition) is 2. The number of carbonyl (C=O) groups excluding carboxylic acids is 1. The fourth-order valence-corrected chi connectivity index (χ4v) is 1.68. The van der Waals surface area contributed by atoms with E-state index >= 15 is 0 Å². The van der Waals surface area contributed by atoms with Gasteiger partial charge in [0.05, 0.1) is 0 Å². The molecule has 1 saturated carbocycles. The fraction of sp³-hybridized carbons (Fsp3) is 0.400. The Morgan fingerprint density at radius 3 is 2.86 bits per heavy atom. The minimum Gasteiger partial charge on any atom is -0.337 e. The molecule has 0 radical (unpaired) electrons. The highest BCUT2D eigenvalue weighted by Crippen LogP contribution is 2.26. The molecule has 0 spiro atoms. The molecule has 0 N–H and O–H groups in total. The summed E-state index contributed by atoms with van der Waals surface area (Å²) in [6, 6.07) is 5.81. The van der Waals surface area contributed by atoms with Gasteiger partial charge in [-0.1, -0.05) is 6.07 Å². The molecule has 1 amide bonds. The number of halogens is 1. The van der Waals surface area contributed by atoms with E-state index in [1.807, 2.05) is 19.2 Å². The zero-order valence-corrected chi connectivity index (χ0v) is 9.49. The highest BCUT2D eigenvalue weighted by atomic mass is 79.9. The number of carbonyl (C=O) groups is 1. The van der Waals surface area contributed by atoms with E-state index in [1.54, 1.807) is 11.0 Å². The molecule has 14 heavy (non-hydrogen) atoms. The summed E-state index contributed by atoms with van der Waals surface area (Å²) in [4.78, 5) is 17.7. The number of hydrogen-bond donors (Lipinski definition) is 0. The Labute approximate surface area is 91.3 Å². The third-order valence-electron chi connectivity index (χ3n) is 2.35. The van der Waals surface area contributed by atoms with E-state index in [1.165, 1.54) is 0 Å².